The Labute approximate surface area is 55.1 Å². The number of rotatable bonds is 0. The maximum atomic E-state index is 2.30. The Hall–Kier alpha value is -0.261. The van der Waals surface area contributed by atoms with Crippen molar-refractivity contribution in [3.05, 3.63) is 34.9 Å². The molecule has 0 fully saturated rings. The Balaban J connectivity index is 2.39. The van der Waals surface area contributed by atoms with Gasteiger partial charge >= 0.3 is 54.6 Å². The Bertz CT molecular complexity index is 187. The Kier molecular flexibility index (Phi) is 0.927. The van der Waals surface area contributed by atoms with Crippen molar-refractivity contribution in [2.45, 2.75) is 4.82 Å². The van der Waals surface area contributed by atoms with Crippen LogP contribution in [0, 0.1) is 0 Å². The summed E-state index contributed by atoms with van der Waals surface area (Å²) in [7, 11) is 0. The van der Waals surface area contributed by atoms with Crippen LogP contribution in [0.5, 0.6) is 0 Å². The third-order valence-electron chi connectivity index (χ3n) is 1.39. The molecule has 1 aliphatic carbocycles. The summed E-state index contributed by atoms with van der Waals surface area (Å²) in [4.78, 5) is 3.11. The van der Waals surface area contributed by atoms with Gasteiger partial charge in [0.25, 0.3) is 0 Å². The molecule has 0 radical (unpaired) electrons. The molecule has 0 spiro atoms. The minimum atomic E-state index is 0.735. The van der Waals surface area contributed by atoms with Crippen LogP contribution in [0.1, 0.15) is 0 Å². The van der Waals surface area contributed by atoms with Crippen molar-refractivity contribution in [1.82, 2.24) is 0 Å². The van der Waals surface area contributed by atoms with Gasteiger partial charge in [-0.2, -0.15) is 0 Å². The van der Waals surface area contributed by atoms with Gasteiger partial charge in [-0.3, -0.25) is 0 Å². The van der Waals surface area contributed by atoms with E-state index in [2.05, 4.69) is 29.3 Å². The molecule has 2 rings (SSSR count). The first-order chi connectivity index (χ1) is 3.97. The van der Waals surface area contributed by atoms with Crippen molar-refractivity contribution in [2.75, 3.05) is 0 Å². The third-order valence-corrected chi connectivity index (χ3v) is 3.52. The molecule has 0 aromatic rings. The Morgan fingerprint density at radius 1 is 1.50 bits per heavy atom. The van der Waals surface area contributed by atoms with Gasteiger partial charge in [-0.15, -0.1) is 0 Å². The van der Waals surface area contributed by atoms with Crippen LogP contribution in [0.15, 0.2) is 34.9 Å². The van der Waals surface area contributed by atoms with Crippen molar-refractivity contribution in [3.8, 4) is 0 Å². The monoisotopic (exact) mass is 170 g/mol. The molecule has 1 atom stereocenters. The van der Waals surface area contributed by atoms with Gasteiger partial charge in [-0.25, -0.2) is 0 Å². The van der Waals surface area contributed by atoms with E-state index in [-0.39, 0.29) is 0 Å². The first kappa shape index (κ1) is 4.60. The van der Waals surface area contributed by atoms with E-state index < -0.39 is 0 Å². The van der Waals surface area contributed by atoms with Gasteiger partial charge in [0, 0.05) is 0 Å². The molecule has 2 aliphatic rings. The summed E-state index contributed by atoms with van der Waals surface area (Å²) in [5, 5.41) is 0. The van der Waals surface area contributed by atoms with Crippen LogP contribution in [-0.2, 0) is 0 Å². The van der Waals surface area contributed by atoms with Crippen LogP contribution in [0.4, 0.5) is 0 Å². The molecule has 0 N–H and O–H groups in total. The van der Waals surface area contributed by atoms with Crippen molar-refractivity contribution in [3.63, 3.8) is 0 Å². The van der Waals surface area contributed by atoms with Gasteiger partial charge in [0.05, 0.1) is 0 Å². The van der Waals surface area contributed by atoms with Crippen molar-refractivity contribution >= 4 is 15.0 Å². The normalized spacial score (nSPS) is 31.0. The molecule has 1 unspecified atom stereocenters. The van der Waals surface area contributed by atoms with Crippen molar-refractivity contribution in [1.29, 1.82) is 0 Å². The minimum absolute atomic E-state index is 0.735. The van der Waals surface area contributed by atoms with Crippen LogP contribution in [0.25, 0.3) is 0 Å². The second-order valence-electron chi connectivity index (χ2n) is 1.91. The van der Waals surface area contributed by atoms with Crippen molar-refractivity contribution in [2.24, 2.45) is 0 Å². The van der Waals surface area contributed by atoms with Crippen LogP contribution < -0.4 is 0 Å². The molecule has 1 aliphatic heterocycles. The molecule has 1 heteroatoms. The number of allylic oxidation sites excluding steroid dienone is 5. The fraction of sp³-hybridized carbons (Fsp3) is 0.143. The average Bonchev–Trinajstić information content (AvgIpc) is 2.15. The second kappa shape index (κ2) is 1.61. The average molecular weight is 169 g/mol. The SMILES string of the molecule is C1=CC2[Se]C=CC2=C1. The summed E-state index contributed by atoms with van der Waals surface area (Å²) in [5.41, 5.74) is 1.52. The predicted molar refractivity (Wildman–Crippen MR) is 35.9 cm³/mol. The van der Waals surface area contributed by atoms with Gasteiger partial charge in [-0.1, -0.05) is 0 Å². The molecular formula is C7H6Se. The topological polar surface area (TPSA) is 0 Å². The Morgan fingerprint density at radius 3 is 3.38 bits per heavy atom. The molecule has 0 aromatic carbocycles. The molecule has 0 amide bonds. The van der Waals surface area contributed by atoms with E-state index >= 15 is 0 Å². The molecule has 0 bridgehead atoms. The van der Waals surface area contributed by atoms with Crippen LogP contribution in [-0.4, -0.2) is 15.0 Å². The van der Waals surface area contributed by atoms with Gasteiger partial charge in [0.1, 0.15) is 0 Å². The van der Waals surface area contributed by atoms with E-state index in [1.807, 2.05) is 0 Å². The van der Waals surface area contributed by atoms with Crippen LogP contribution >= 0.6 is 0 Å². The molecule has 0 saturated heterocycles. The molecular weight excluding hydrogens is 163 g/mol. The predicted octanol–water partition coefficient (Wildman–Crippen LogP) is 1.50. The van der Waals surface area contributed by atoms with Crippen molar-refractivity contribution < 1.29 is 0 Å². The fourth-order valence-electron chi connectivity index (χ4n) is 0.950. The van der Waals surface area contributed by atoms with E-state index in [9.17, 15) is 0 Å². The molecule has 1 heterocycles. The summed E-state index contributed by atoms with van der Waals surface area (Å²) in [6.07, 6.45) is 8.89. The summed E-state index contributed by atoms with van der Waals surface area (Å²) < 4.78 is 0. The summed E-state index contributed by atoms with van der Waals surface area (Å²) >= 11 is 0.735. The maximum absolute atomic E-state index is 2.30. The summed E-state index contributed by atoms with van der Waals surface area (Å²) in [6, 6.07) is 0. The molecule has 0 saturated carbocycles. The van der Waals surface area contributed by atoms with E-state index in [0.717, 1.165) is 19.8 Å². The molecule has 40 valence electrons. The third kappa shape index (κ3) is 0.520. The summed E-state index contributed by atoms with van der Waals surface area (Å²) in [6.45, 7) is 0. The second-order valence-corrected chi connectivity index (χ2v) is 4.12. The fourth-order valence-corrected chi connectivity index (χ4v) is 2.84. The molecule has 0 nitrogen and oxygen atoms in total. The van der Waals surface area contributed by atoms with Gasteiger partial charge in [-0.05, 0) is 0 Å². The zero-order valence-corrected chi connectivity index (χ0v) is 6.09. The van der Waals surface area contributed by atoms with Crippen LogP contribution in [0.2, 0.25) is 4.82 Å². The molecule has 8 heavy (non-hydrogen) atoms. The summed E-state index contributed by atoms with van der Waals surface area (Å²) in [5.74, 6) is 0. The first-order valence-corrected chi connectivity index (χ1v) is 4.65. The van der Waals surface area contributed by atoms with Gasteiger partial charge < -0.3 is 0 Å². The van der Waals surface area contributed by atoms with Gasteiger partial charge in [0.15, 0.2) is 0 Å². The van der Waals surface area contributed by atoms with Gasteiger partial charge in [0.2, 0.25) is 0 Å². The quantitative estimate of drug-likeness (QED) is 0.482. The van der Waals surface area contributed by atoms with Crippen LogP contribution in [0.3, 0.4) is 0 Å². The number of fused-ring (bicyclic) bond motifs is 1. The zero-order chi connectivity index (χ0) is 5.40. The Morgan fingerprint density at radius 2 is 2.50 bits per heavy atom. The number of hydrogen-bond acceptors (Lipinski definition) is 0. The van der Waals surface area contributed by atoms with E-state index in [1.54, 1.807) is 0 Å². The zero-order valence-electron chi connectivity index (χ0n) is 4.37. The van der Waals surface area contributed by atoms with E-state index in [0.29, 0.717) is 0 Å². The van der Waals surface area contributed by atoms with E-state index in [4.69, 9.17) is 0 Å². The van der Waals surface area contributed by atoms with E-state index in [1.165, 1.54) is 5.57 Å². The standard InChI is InChI=1S/C7H6Se/c1-2-6-4-5-8-7(6)3-1/h1-5,7H. The first-order valence-electron chi connectivity index (χ1n) is 2.67. The molecule has 0 aromatic heterocycles. The number of hydrogen-bond donors (Lipinski definition) is 0.